The van der Waals surface area contributed by atoms with Gasteiger partial charge in [0.1, 0.15) is 5.75 Å². The Kier molecular flexibility index (Phi) is 6.64. The van der Waals surface area contributed by atoms with Crippen LogP contribution in [-0.2, 0) is 9.59 Å². The molecule has 2 amide bonds. The zero-order chi connectivity index (χ0) is 19.8. The van der Waals surface area contributed by atoms with Crippen LogP contribution >= 0.6 is 0 Å². The number of nitrogens with zero attached hydrogens (tertiary/aromatic N) is 1. The van der Waals surface area contributed by atoms with Crippen molar-refractivity contribution in [1.29, 1.82) is 5.26 Å². The second kappa shape index (κ2) is 9.56. The van der Waals surface area contributed by atoms with Crippen LogP contribution in [0.5, 0.6) is 5.75 Å². The van der Waals surface area contributed by atoms with Gasteiger partial charge in [-0.1, -0.05) is 37.1 Å². The Bertz CT molecular complexity index is 848. The van der Waals surface area contributed by atoms with E-state index in [0.29, 0.717) is 23.7 Å². The van der Waals surface area contributed by atoms with Crippen LogP contribution in [-0.4, -0.2) is 18.4 Å². The Morgan fingerprint density at radius 2 is 1.50 bits per heavy atom. The van der Waals surface area contributed by atoms with Crippen LogP contribution in [0.1, 0.15) is 37.7 Å². The maximum absolute atomic E-state index is 11.8. The highest BCUT2D eigenvalue weighted by atomic mass is 16.5. The molecule has 0 unspecified atom stereocenters. The molecule has 28 heavy (non-hydrogen) atoms. The summed E-state index contributed by atoms with van der Waals surface area (Å²) in [5.74, 6) is 0.426. The molecular formula is C22H23N3O3. The smallest absolute Gasteiger partial charge is 0.276 e. The Morgan fingerprint density at radius 1 is 0.929 bits per heavy atom. The van der Waals surface area contributed by atoms with Crippen LogP contribution in [0.15, 0.2) is 48.5 Å². The van der Waals surface area contributed by atoms with Gasteiger partial charge >= 0.3 is 0 Å². The Hall–Kier alpha value is -3.33. The number of carbonyl (C=O) groups excluding carboxylic acids is 2. The van der Waals surface area contributed by atoms with Gasteiger partial charge in [0.25, 0.3) is 5.91 Å². The monoisotopic (exact) mass is 377 g/mol. The lowest BCUT2D eigenvalue weighted by molar-refractivity contribution is -0.130. The molecule has 0 spiro atoms. The second-order valence-electron chi connectivity index (χ2n) is 6.95. The number of rotatable bonds is 6. The van der Waals surface area contributed by atoms with E-state index >= 15 is 0 Å². The van der Waals surface area contributed by atoms with Crippen molar-refractivity contribution < 1.29 is 14.3 Å². The molecule has 3 rings (SSSR count). The van der Waals surface area contributed by atoms with Gasteiger partial charge in [0.15, 0.2) is 6.61 Å². The third-order valence-corrected chi connectivity index (χ3v) is 4.86. The number of nitrogens with one attached hydrogen (secondary N) is 2. The Balaban J connectivity index is 1.42. The number of ether oxygens (including phenoxy) is 1. The van der Waals surface area contributed by atoms with Crippen LogP contribution in [0.2, 0.25) is 0 Å². The van der Waals surface area contributed by atoms with Crippen molar-refractivity contribution in [3.63, 3.8) is 0 Å². The highest BCUT2D eigenvalue weighted by Crippen LogP contribution is 2.27. The summed E-state index contributed by atoms with van der Waals surface area (Å²) in [6.07, 6.45) is 4.99. The molecule has 0 bridgehead atoms. The molecule has 1 aliphatic rings. The van der Waals surface area contributed by atoms with Gasteiger partial charge in [0.05, 0.1) is 11.6 Å². The summed E-state index contributed by atoms with van der Waals surface area (Å²) in [7, 11) is 0. The quantitative estimate of drug-likeness (QED) is 0.756. The number of nitriles is 1. The van der Waals surface area contributed by atoms with E-state index < -0.39 is 5.91 Å². The molecule has 0 aromatic heterocycles. The van der Waals surface area contributed by atoms with Crippen molar-refractivity contribution >= 4 is 11.8 Å². The zero-order valence-electron chi connectivity index (χ0n) is 15.6. The lowest BCUT2D eigenvalue weighted by atomic mass is 10.0. The van der Waals surface area contributed by atoms with E-state index in [1.165, 1.54) is 12.8 Å². The van der Waals surface area contributed by atoms with Crippen molar-refractivity contribution in [3.8, 4) is 22.9 Å². The van der Waals surface area contributed by atoms with Gasteiger partial charge in [-0.2, -0.15) is 5.26 Å². The van der Waals surface area contributed by atoms with Gasteiger partial charge < -0.3 is 4.74 Å². The maximum atomic E-state index is 11.8. The van der Waals surface area contributed by atoms with Gasteiger partial charge in [-0.15, -0.1) is 0 Å². The minimum absolute atomic E-state index is 0.160. The number of carbonyl (C=O) groups is 2. The van der Waals surface area contributed by atoms with Crippen LogP contribution in [0.4, 0.5) is 0 Å². The van der Waals surface area contributed by atoms with Crippen molar-refractivity contribution in [1.82, 2.24) is 10.9 Å². The molecule has 2 N–H and O–H groups in total. The summed E-state index contributed by atoms with van der Waals surface area (Å²) in [4.78, 5) is 23.6. The summed E-state index contributed by atoms with van der Waals surface area (Å²) in [5, 5.41) is 8.85. The van der Waals surface area contributed by atoms with Crippen molar-refractivity contribution in [3.05, 3.63) is 54.1 Å². The van der Waals surface area contributed by atoms with Crippen LogP contribution in [0.3, 0.4) is 0 Å². The highest BCUT2D eigenvalue weighted by molar-refractivity contribution is 5.82. The summed E-state index contributed by atoms with van der Waals surface area (Å²) in [6, 6.07) is 16.7. The summed E-state index contributed by atoms with van der Waals surface area (Å²) >= 11 is 0. The summed E-state index contributed by atoms with van der Waals surface area (Å²) in [5.41, 5.74) is 7.43. The molecule has 0 atom stereocenters. The molecule has 0 aliphatic heterocycles. The van der Waals surface area contributed by atoms with Gasteiger partial charge in [-0.25, -0.2) is 0 Å². The van der Waals surface area contributed by atoms with E-state index in [0.717, 1.165) is 24.0 Å². The molecule has 1 saturated carbocycles. The van der Waals surface area contributed by atoms with E-state index in [4.69, 9.17) is 10.00 Å². The van der Waals surface area contributed by atoms with Crippen LogP contribution in [0, 0.1) is 17.2 Å². The molecule has 2 aromatic carbocycles. The first kappa shape index (κ1) is 19.4. The molecule has 6 heteroatoms. The fourth-order valence-corrected chi connectivity index (χ4v) is 3.33. The summed E-state index contributed by atoms with van der Waals surface area (Å²) in [6.45, 7) is -0.181. The molecule has 1 fully saturated rings. The highest BCUT2D eigenvalue weighted by Gasteiger charge is 2.18. The maximum Gasteiger partial charge on any atom is 0.276 e. The normalized spacial score (nSPS) is 13.5. The summed E-state index contributed by atoms with van der Waals surface area (Å²) < 4.78 is 5.45. The Morgan fingerprint density at radius 3 is 2.11 bits per heavy atom. The fraction of sp³-hybridized carbons (Fsp3) is 0.318. The van der Waals surface area contributed by atoms with Crippen LogP contribution in [0.25, 0.3) is 11.1 Å². The molecule has 1 aliphatic carbocycles. The standard InChI is InChI=1S/C22H23N3O3/c23-14-17-5-7-18(8-6-17)19-9-11-20(12-10-19)28-15-22(27)25-24-21(26)13-16-3-1-2-4-16/h5-12,16H,1-4,13,15H2,(H,24,26)(H,25,27). The number of hydrogen-bond donors (Lipinski definition) is 2. The minimum atomic E-state index is -0.407. The molecular weight excluding hydrogens is 354 g/mol. The molecule has 2 aromatic rings. The topological polar surface area (TPSA) is 91.2 Å². The van der Waals surface area contributed by atoms with Gasteiger partial charge in [0, 0.05) is 6.42 Å². The molecule has 0 radical (unpaired) electrons. The van der Waals surface area contributed by atoms with Crippen molar-refractivity contribution in [2.75, 3.05) is 6.61 Å². The third-order valence-electron chi connectivity index (χ3n) is 4.86. The zero-order valence-corrected chi connectivity index (χ0v) is 15.6. The van der Waals surface area contributed by atoms with E-state index in [9.17, 15) is 9.59 Å². The first-order chi connectivity index (χ1) is 13.6. The van der Waals surface area contributed by atoms with Crippen molar-refractivity contribution in [2.24, 2.45) is 5.92 Å². The lowest BCUT2D eigenvalue weighted by Gasteiger charge is -2.11. The average molecular weight is 377 g/mol. The average Bonchev–Trinajstić information content (AvgIpc) is 3.24. The van der Waals surface area contributed by atoms with E-state index in [2.05, 4.69) is 16.9 Å². The van der Waals surface area contributed by atoms with Crippen LogP contribution < -0.4 is 15.6 Å². The minimum Gasteiger partial charge on any atom is -0.484 e. The van der Waals surface area contributed by atoms with Crippen molar-refractivity contribution in [2.45, 2.75) is 32.1 Å². The first-order valence-corrected chi connectivity index (χ1v) is 9.45. The molecule has 0 saturated heterocycles. The molecule has 0 heterocycles. The van der Waals surface area contributed by atoms with E-state index in [-0.39, 0.29) is 12.5 Å². The van der Waals surface area contributed by atoms with Gasteiger partial charge in [-0.3, -0.25) is 20.4 Å². The fourth-order valence-electron chi connectivity index (χ4n) is 3.33. The number of amides is 2. The van der Waals surface area contributed by atoms with Gasteiger partial charge in [0.2, 0.25) is 5.91 Å². The van der Waals surface area contributed by atoms with E-state index in [1.54, 1.807) is 24.3 Å². The Labute approximate surface area is 164 Å². The van der Waals surface area contributed by atoms with E-state index in [1.807, 2.05) is 24.3 Å². The largest absolute Gasteiger partial charge is 0.484 e. The van der Waals surface area contributed by atoms with Gasteiger partial charge in [-0.05, 0) is 54.2 Å². The predicted octanol–water partition coefficient (Wildman–Crippen LogP) is 3.33. The molecule has 6 nitrogen and oxygen atoms in total. The molecule has 144 valence electrons. The predicted molar refractivity (Wildman–Crippen MR) is 105 cm³/mol. The lowest BCUT2D eigenvalue weighted by Crippen LogP contribution is -2.44. The first-order valence-electron chi connectivity index (χ1n) is 9.45. The number of hydrogen-bond acceptors (Lipinski definition) is 4. The number of hydrazine groups is 1. The second-order valence-corrected chi connectivity index (χ2v) is 6.95. The third kappa shape index (κ3) is 5.58. The number of benzene rings is 2. The SMILES string of the molecule is N#Cc1ccc(-c2ccc(OCC(=O)NNC(=O)CC3CCCC3)cc2)cc1.